The average molecular weight is 589 g/mol. The van der Waals surface area contributed by atoms with Crippen molar-refractivity contribution in [3.05, 3.63) is 143 Å². The average Bonchev–Trinajstić information content (AvgIpc) is 2.98. The minimum atomic E-state index is -0.869. The van der Waals surface area contributed by atoms with E-state index in [1.807, 2.05) is 0 Å². The summed E-state index contributed by atoms with van der Waals surface area (Å²) >= 11 is 0. The van der Waals surface area contributed by atoms with Crippen LogP contribution in [0.3, 0.4) is 0 Å². The molecule has 216 valence electrons. The standard InChI is InChI=1S/C40H44S2/c1-41(2,3)31-29-34-21-25-36(26-22-34)39(20-14-13-17-33-15-9-7-10-16-33)40(37-18-11-8-12-19-37)38-27-23-35(24-28-38)30-32-42(4,5)6/h7-12,15-16,18-19,21-28H,13-14,17,20H2,1-6H3/b40-39+. The summed E-state index contributed by atoms with van der Waals surface area (Å²) in [6, 6.07) is 39.4. The van der Waals surface area contributed by atoms with Gasteiger partial charge in [-0.05, 0) is 131 Å². The Bertz CT molecular complexity index is 1590. The topological polar surface area (TPSA) is 0 Å². The van der Waals surface area contributed by atoms with Crippen LogP contribution in [-0.4, -0.2) is 37.5 Å². The van der Waals surface area contributed by atoms with Gasteiger partial charge in [0.1, 0.15) is 0 Å². The SMILES string of the molecule is CS(C)(C)C#Cc1ccc(/C(CCCCc2ccccc2)=C(\c2ccccc2)c2ccc(C#CS(C)(C)C)cc2)cc1. The van der Waals surface area contributed by atoms with E-state index < -0.39 is 20.1 Å². The van der Waals surface area contributed by atoms with Crippen LogP contribution < -0.4 is 0 Å². The third-order valence-electron chi connectivity index (χ3n) is 6.76. The Balaban J connectivity index is 1.76. The van der Waals surface area contributed by atoms with Crippen LogP contribution in [0, 0.1) is 22.3 Å². The van der Waals surface area contributed by atoms with Gasteiger partial charge in [-0.15, -0.1) is 0 Å². The third-order valence-corrected chi connectivity index (χ3v) is 8.19. The molecule has 0 N–H and O–H groups in total. The molecule has 0 fully saturated rings. The van der Waals surface area contributed by atoms with Crippen molar-refractivity contribution in [1.82, 2.24) is 0 Å². The first-order chi connectivity index (χ1) is 20.1. The zero-order chi connectivity index (χ0) is 30.0. The molecule has 0 unspecified atom stereocenters. The van der Waals surface area contributed by atoms with E-state index in [1.165, 1.54) is 33.4 Å². The Morgan fingerprint density at radius 2 is 0.952 bits per heavy atom. The van der Waals surface area contributed by atoms with E-state index in [1.54, 1.807) is 0 Å². The number of rotatable bonds is 8. The van der Waals surface area contributed by atoms with Crippen molar-refractivity contribution in [1.29, 1.82) is 0 Å². The molecule has 0 saturated heterocycles. The fourth-order valence-corrected chi connectivity index (χ4v) is 5.56. The molecule has 4 rings (SSSR count). The molecule has 0 aromatic heterocycles. The largest absolute Gasteiger partial charge is 0.186 e. The van der Waals surface area contributed by atoms with Crippen molar-refractivity contribution in [2.75, 3.05) is 37.5 Å². The van der Waals surface area contributed by atoms with E-state index in [-0.39, 0.29) is 0 Å². The summed E-state index contributed by atoms with van der Waals surface area (Å²) in [6.07, 6.45) is 17.8. The van der Waals surface area contributed by atoms with Crippen molar-refractivity contribution in [3.63, 3.8) is 0 Å². The van der Waals surface area contributed by atoms with Crippen molar-refractivity contribution in [2.45, 2.75) is 25.7 Å². The number of unbranched alkanes of at least 4 members (excludes halogenated alkanes) is 1. The molecule has 0 bridgehead atoms. The fourth-order valence-electron chi connectivity index (χ4n) is 4.71. The second-order valence-corrected chi connectivity index (χ2v) is 20.0. The van der Waals surface area contributed by atoms with E-state index in [0.717, 1.165) is 36.8 Å². The fraction of sp³-hybridized carbons (Fsp3) is 0.250. The van der Waals surface area contributed by atoms with Crippen LogP contribution in [0.2, 0.25) is 0 Å². The van der Waals surface area contributed by atoms with Crippen molar-refractivity contribution >= 4 is 31.2 Å². The summed E-state index contributed by atoms with van der Waals surface area (Å²) in [5.74, 6) is 6.80. The van der Waals surface area contributed by atoms with Crippen LogP contribution in [0.1, 0.15) is 52.6 Å². The number of benzene rings is 4. The quantitative estimate of drug-likeness (QED) is 0.109. The molecule has 0 spiro atoms. The molecule has 2 heteroatoms. The molecule has 0 aliphatic carbocycles. The van der Waals surface area contributed by atoms with Crippen molar-refractivity contribution < 1.29 is 0 Å². The lowest BCUT2D eigenvalue weighted by molar-refractivity contribution is 0.755. The highest BCUT2D eigenvalue weighted by atomic mass is 32.3. The molecule has 0 atom stereocenters. The second kappa shape index (κ2) is 14.6. The van der Waals surface area contributed by atoms with Gasteiger partial charge in [0.2, 0.25) is 0 Å². The predicted molar refractivity (Wildman–Crippen MR) is 194 cm³/mol. The highest BCUT2D eigenvalue weighted by Gasteiger charge is 2.15. The zero-order valence-corrected chi connectivity index (χ0v) is 27.7. The van der Waals surface area contributed by atoms with Crippen LogP contribution >= 0.6 is 20.1 Å². The van der Waals surface area contributed by atoms with E-state index in [9.17, 15) is 0 Å². The second-order valence-electron chi connectivity index (χ2n) is 12.2. The van der Waals surface area contributed by atoms with E-state index in [0.29, 0.717) is 0 Å². The van der Waals surface area contributed by atoms with Crippen LogP contribution in [0.15, 0.2) is 109 Å². The third kappa shape index (κ3) is 10.1. The van der Waals surface area contributed by atoms with Gasteiger partial charge >= 0.3 is 0 Å². The predicted octanol–water partition coefficient (Wildman–Crippen LogP) is 10.1. The lowest BCUT2D eigenvalue weighted by atomic mass is 9.86. The Morgan fingerprint density at radius 3 is 1.45 bits per heavy atom. The van der Waals surface area contributed by atoms with E-state index in [4.69, 9.17) is 0 Å². The summed E-state index contributed by atoms with van der Waals surface area (Å²) in [5.41, 5.74) is 9.98. The maximum atomic E-state index is 3.46. The molecule has 0 aliphatic heterocycles. The molecule has 0 nitrogen and oxygen atoms in total. The molecule has 0 heterocycles. The van der Waals surface area contributed by atoms with E-state index in [2.05, 4.69) is 169 Å². The minimum absolute atomic E-state index is 0.867. The molecule has 0 aliphatic rings. The lowest BCUT2D eigenvalue weighted by Crippen LogP contribution is -1.97. The molecule has 0 saturated carbocycles. The summed E-state index contributed by atoms with van der Waals surface area (Å²) in [5, 5.41) is 6.91. The Hall–Kier alpha value is -3.56. The van der Waals surface area contributed by atoms with Gasteiger partial charge in [0.25, 0.3) is 0 Å². The van der Waals surface area contributed by atoms with Crippen molar-refractivity contribution in [3.8, 4) is 22.3 Å². The first-order valence-electron chi connectivity index (χ1n) is 14.5. The summed E-state index contributed by atoms with van der Waals surface area (Å²) in [4.78, 5) is 0. The first kappa shape index (κ1) is 31.4. The highest BCUT2D eigenvalue weighted by molar-refractivity contribution is 8.36. The van der Waals surface area contributed by atoms with Gasteiger partial charge in [-0.25, -0.2) is 0 Å². The van der Waals surface area contributed by atoms with Gasteiger partial charge in [0.15, 0.2) is 0 Å². The van der Waals surface area contributed by atoms with Gasteiger partial charge in [-0.3, -0.25) is 0 Å². The lowest BCUT2D eigenvalue weighted by Gasteiger charge is -2.18. The van der Waals surface area contributed by atoms with Crippen LogP contribution in [0.25, 0.3) is 11.1 Å². The van der Waals surface area contributed by atoms with Crippen molar-refractivity contribution in [2.24, 2.45) is 0 Å². The minimum Gasteiger partial charge on any atom is -0.186 e. The van der Waals surface area contributed by atoms with Gasteiger partial charge in [0.05, 0.1) is 0 Å². The number of aryl methyl sites for hydroxylation is 1. The van der Waals surface area contributed by atoms with Crippen LogP contribution in [0.4, 0.5) is 0 Å². The van der Waals surface area contributed by atoms with Gasteiger partial charge in [-0.1, -0.05) is 96.8 Å². The summed E-state index contributed by atoms with van der Waals surface area (Å²) in [6.45, 7) is 0. The molecular weight excluding hydrogens is 545 g/mol. The first-order valence-corrected chi connectivity index (χ1v) is 20.2. The molecule has 0 amide bonds. The molecule has 4 aromatic carbocycles. The molecule has 0 radical (unpaired) electrons. The molecule has 4 aromatic rings. The molecular formula is C40H44S2. The van der Waals surface area contributed by atoms with E-state index >= 15 is 0 Å². The Kier molecular flexibility index (Phi) is 10.9. The number of allylic oxidation sites excluding steroid dienone is 1. The zero-order valence-electron chi connectivity index (χ0n) is 26.0. The summed E-state index contributed by atoms with van der Waals surface area (Å²) < 4.78 is 0. The van der Waals surface area contributed by atoms with Crippen LogP contribution in [-0.2, 0) is 6.42 Å². The van der Waals surface area contributed by atoms with Gasteiger partial charge in [0, 0.05) is 11.1 Å². The maximum absolute atomic E-state index is 3.46. The molecule has 42 heavy (non-hydrogen) atoms. The summed E-state index contributed by atoms with van der Waals surface area (Å²) in [7, 11) is -1.74. The maximum Gasteiger partial charge on any atom is 0.0254 e. The smallest absolute Gasteiger partial charge is 0.0254 e. The number of hydrogen-bond donors (Lipinski definition) is 0. The Labute approximate surface area is 258 Å². The highest BCUT2D eigenvalue weighted by Crippen LogP contribution is 2.37. The van der Waals surface area contributed by atoms with Gasteiger partial charge < -0.3 is 0 Å². The van der Waals surface area contributed by atoms with Crippen LogP contribution in [0.5, 0.6) is 0 Å². The Morgan fingerprint density at radius 1 is 0.500 bits per heavy atom. The van der Waals surface area contributed by atoms with Gasteiger partial charge in [-0.2, -0.15) is 20.1 Å². The monoisotopic (exact) mass is 588 g/mol. The normalized spacial score (nSPS) is 12.7. The number of hydrogen-bond acceptors (Lipinski definition) is 0.